The zero-order valence-electron chi connectivity index (χ0n) is 8.36. The molecule has 2 aromatic heterocycles. The number of alkyl halides is 1. The molecule has 0 saturated carbocycles. The van der Waals surface area contributed by atoms with Crippen LogP contribution in [0, 0.1) is 6.92 Å². The van der Waals surface area contributed by atoms with E-state index < -0.39 is 0 Å². The Kier molecular flexibility index (Phi) is 3.38. The average Bonchev–Trinajstić information content (AvgIpc) is 2.83. The Bertz CT molecular complexity index is 438. The Morgan fingerprint density at radius 3 is 3.00 bits per heavy atom. The van der Waals surface area contributed by atoms with Crippen molar-refractivity contribution in [2.75, 3.05) is 5.88 Å². The van der Waals surface area contributed by atoms with Gasteiger partial charge in [0.25, 0.3) is 0 Å². The van der Waals surface area contributed by atoms with Gasteiger partial charge in [-0.05, 0) is 25.0 Å². The summed E-state index contributed by atoms with van der Waals surface area (Å²) in [6.07, 6.45) is 3.50. The fourth-order valence-corrected chi connectivity index (χ4v) is 2.32. The van der Waals surface area contributed by atoms with Gasteiger partial charge in [0.05, 0.1) is 6.26 Å². The first-order valence-corrected chi connectivity index (χ1v) is 6.09. The molecule has 80 valence electrons. The molecule has 2 rings (SSSR count). The topological polar surface area (TPSA) is 38.9 Å². The van der Waals surface area contributed by atoms with Crippen molar-refractivity contribution < 1.29 is 4.42 Å². The Balaban J connectivity index is 2.17. The monoisotopic (exact) mass is 242 g/mol. The first kappa shape index (κ1) is 10.6. The minimum absolute atomic E-state index is 0.661. The van der Waals surface area contributed by atoms with Crippen LogP contribution in [0.1, 0.15) is 17.0 Å². The largest absolute Gasteiger partial charge is 0.461 e. The summed E-state index contributed by atoms with van der Waals surface area (Å²) in [5.41, 5.74) is 1.09. The standard InChI is InChI=1S/C10H11ClN2OS/c1-7-4-6-14-9(7)10-13-12-8(15-10)3-2-5-11/h4,6H,2-3,5H2,1H3. The molecule has 0 aromatic carbocycles. The maximum Gasteiger partial charge on any atom is 0.183 e. The van der Waals surface area contributed by atoms with Gasteiger partial charge in [0.2, 0.25) is 0 Å². The van der Waals surface area contributed by atoms with Gasteiger partial charge in [-0.15, -0.1) is 21.8 Å². The second-order valence-corrected chi connectivity index (χ2v) is 4.67. The zero-order chi connectivity index (χ0) is 10.7. The van der Waals surface area contributed by atoms with E-state index in [4.69, 9.17) is 16.0 Å². The van der Waals surface area contributed by atoms with Crippen LogP contribution in [0.3, 0.4) is 0 Å². The van der Waals surface area contributed by atoms with Crippen LogP contribution in [0.25, 0.3) is 10.8 Å². The van der Waals surface area contributed by atoms with Gasteiger partial charge in [-0.2, -0.15) is 0 Å². The van der Waals surface area contributed by atoms with Crippen LogP contribution in [0.5, 0.6) is 0 Å². The molecule has 0 saturated heterocycles. The van der Waals surface area contributed by atoms with Crippen molar-refractivity contribution in [2.24, 2.45) is 0 Å². The SMILES string of the molecule is Cc1ccoc1-c1nnc(CCCCl)s1. The summed E-state index contributed by atoms with van der Waals surface area (Å²) < 4.78 is 5.35. The highest BCUT2D eigenvalue weighted by molar-refractivity contribution is 7.14. The van der Waals surface area contributed by atoms with Gasteiger partial charge in [-0.3, -0.25) is 0 Å². The fourth-order valence-electron chi connectivity index (χ4n) is 1.26. The van der Waals surface area contributed by atoms with E-state index in [1.807, 2.05) is 13.0 Å². The molecule has 0 unspecified atom stereocenters. The van der Waals surface area contributed by atoms with E-state index in [-0.39, 0.29) is 0 Å². The molecule has 2 aromatic rings. The third-order valence-corrected chi connectivity index (χ3v) is 3.30. The van der Waals surface area contributed by atoms with Crippen LogP contribution < -0.4 is 0 Å². The summed E-state index contributed by atoms with van der Waals surface area (Å²) >= 11 is 7.19. The fraction of sp³-hybridized carbons (Fsp3) is 0.400. The first-order chi connectivity index (χ1) is 7.31. The molecule has 3 nitrogen and oxygen atoms in total. The third kappa shape index (κ3) is 2.38. The highest BCUT2D eigenvalue weighted by Crippen LogP contribution is 2.27. The second kappa shape index (κ2) is 4.77. The zero-order valence-corrected chi connectivity index (χ0v) is 9.94. The van der Waals surface area contributed by atoms with Crippen LogP contribution in [-0.2, 0) is 6.42 Å². The highest BCUT2D eigenvalue weighted by Gasteiger charge is 2.11. The van der Waals surface area contributed by atoms with Crippen LogP contribution in [0.4, 0.5) is 0 Å². The smallest absolute Gasteiger partial charge is 0.183 e. The number of hydrogen-bond acceptors (Lipinski definition) is 4. The van der Waals surface area contributed by atoms with Crippen molar-refractivity contribution in [3.63, 3.8) is 0 Å². The van der Waals surface area contributed by atoms with E-state index >= 15 is 0 Å². The lowest BCUT2D eigenvalue weighted by atomic mass is 10.3. The Hall–Kier alpha value is -0.870. The van der Waals surface area contributed by atoms with Gasteiger partial charge in [0.15, 0.2) is 10.8 Å². The number of hydrogen-bond donors (Lipinski definition) is 0. The van der Waals surface area contributed by atoms with Crippen molar-refractivity contribution in [3.05, 3.63) is 22.9 Å². The predicted molar refractivity (Wildman–Crippen MR) is 61.4 cm³/mol. The molecule has 0 aliphatic carbocycles. The molecule has 0 aliphatic rings. The maximum absolute atomic E-state index is 5.62. The van der Waals surface area contributed by atoms with Crippen molar-refractivity contribution in [1.29, 1.82) is 0 Å². The van der Waals surface area contributed by atoms with Crippen molar-refractivity contribution in [2.45, 2.75) is 19.8 Å². The van der Waals surface area contributed by atoms with Crippen LogP contribution in [0.15, 0.2) is 16.7 Å². The highest BCUT2D eigenvalue weighted by atomic mass is 35.5. The van der Waals surface area contributed by atoms with Gasteiger partial charge in [-0.1, -0.05) is 11.3 Å². The maximum atomic E-state index is 5.62. The van der Waals surface area contributed by atoms with Gasteiger partial charge in [-0.25, -0.2) is 0 Å². The molecule has 0 N–H and O–H groups in total. The van der Waals surface area contributed by atoms with E-state index in [1.54, 1.807) is 17.6 Å². The lowest BCUT2D eigenvalue weighted by Gasteiger charge is -1.90. The van der Waals surface area contributed by atoms with E-state index in [0.29, 0.717) is 5.88 Å². The lowest BCUT2D eigenvalue weighted by Crippen LogP contribution is -1.84. The van der Waals surface area contributed by atoms with Crippen LogP contribution in [0.2, 0.25) is 0 Å². The summed E-state index contributed by atoms with van der Waals surface area (Å²) in [4.78, 5) is 0. The number of halogens is 1. The third-order valence-electron chi connectivity index (χ3n) is 2.05. The van der Waals surface area contributed by atoms with E-state index in [1.165, 1.54) is 0 Å². The van der Waals surface area contributed by atoms with Crippen molar-refractivity contribution in [1.82, 2.24) is 10.2 Å². The molecule has 0 amide bonds. The van der Waals surface area contributed by atoms with Crippen LogP contribution in [-0.4, -0.2) is 16.1 Å². The molecule has 2 heterocycles. The van der Waals surface area contributed by atoms with Gasteiger partial charge in [0.1, 0.15) is 5.01 Å². The summed E-state index contributed by atoms with van der Waals surface area (Å²) in [5.74, 6) is 1.49. The number of aryl methyl sites for hydroxylation is 2. The predicted octanol–water partition coefficient (Wildman–Crippen LogP) is 3.28. The summed E-state index contributed by atoms with van der Waals surface area (Å²) in [6.45, 7) is 2.00. The number of rotatable bonds is 4. The molecule has 0 atom stereocenters. The minimum atomic E-state index is 0.661. The second-order valence-electron chi connectivity index (χ2n) is 3.23. The number of furan rings is 1. The lowest BCUT2D eigenvalue weighted by molar-refractivity contribution is 0.579. The summed E-state index contributed by atoms with van der Waals surface area (Å²) in [7, 11) is 0. The van der Waals surface area contributed by atoms with Gasteiger partial charge < -0.3 is 4.42 Å². The Morgan fingerprint density at radius 1 is 1.47 bits per heavy atom. The van der Waals surface area contributed by atoms with Gasteiger partial charge >= 0.3 is 0 Å². The molecule has 0 bridgehead atoms. The number of nitrogens with zero attached hydrogens (tertiary/aromatic N) is 2. The van der Waals surface area contributed by atoms with E-state index in [0.717, 1.165) is 34.2 Å². The molecule has 0 fully saturated rings. The molecular weight excluding hydrogens is 232 g/mol. The molecular formula is C10H11ClN2OS. The van der Waals surface area contributed by atoms with Crippen molar-refractivity contribution in [3.8, 4) is 10.8 Å². The van der Waals surface area contributed by atoms with Gasteiger partial charge in [0, 0.05) is 12.3 Å². The molecule has 0 spiro atoms. The van der Waals surface area contributed by atoms with Crippen LogP contribution >= 0.6 is 22.9 Å². The Morgan fingerprint density at radius 2 is 2.33 bits per heavy atom. The Labute approximate surface area is 97.1 Å². The quantitative estimate of drug-likeness (QED) is 0.773. The van der Waals surface area contributed by atoms with E-state index in [2.05, 4.69) is 10.2 Å². The molecule has 15 heavy (non-hydrogen) atoms. The minimum Gasteiger partial charge on any atom is -0.461 e. The van der Waals surface area contributed by atoms with E-state index in [9.17, 15) is 0 Å². The molecule has 5 heteroatoms. The molecule has 0 radical (unpaired) electrons. The average molecular weight is 243 g/mol. The normalized spacial score (nSPS) is 10.8. The summed E-state index contributed by atoms with van der Waals surface area (Å²) in [6, 6.07) is 1.93. The number of aromatic nitrogens is 2. The molecule has 0 aliphatic heterocycles. The van der Waals surface area contributed by atoms with Crippen molar-refractivity contribution >= 4 is 22.9 Å². The first-order valence-electron chi connectivity index (χ1n) is 4.74. The summed E-state index contributed by atoms with van der Waals surface area (Å²) in [5, 5.41) is 10.1.